The van der Waals surface area contributed by atoms with E-state index in [-0.39, 0.29) is 11.7 Å². The number of carbonyl (C=O) groups is 1. The smallest absolute Gasteiger partial charge is 0.358 e. The van der Waals surface area contributed by atoms with Gasteiger partial charge in [-0.15, -0.1) is 10.2 Å². The molecule has 0 spiro atoms. The first kappa shape index (κ1) is 12.9. The van der Waals surface area contributed by atoms with Crippen molar-refractivity contribution in [1.29, 1.82) is 0 Å². The molecule has 18 heavy (non-hydrogen) atoms. The van der Waals surface area contributed by atoms with Crippen molar-refractivity contribution in [2.75, 3.05) is 23.9 Å². The number of esters is 1. The summed E-state index contributed by atoms with van der Waals surface area (Å²) in [5, 5.41) is 10.9. The monoisotopic (exact) mass is 269 g/mol. The summed E-state index contributed by atoms with van der Waals surface area (Å²) in [6.45, 7) is 0. The fraction of sp³-hybridized carbons (Fsp3) is 0.545. The maximum absolute atomic E-state index is 11.2. The number of ether oxygens (including phenoxy) is 1. The Morgan fingerprint density at radius 2 is 2.11 bits per heavy atom. The van der Waals surface area contributed by atoms with Crippen LogP contribution >= 0.6 is 0 Å². The van der Waals surface area contributed by atoms with E-state index in [1.165, 1.54) is 7.11 Å². The van der Waals surface area contributed by atoms with Crippen LogP contribution in [0.2, 0.25) is 0 Å². The highest BCUT2D eigenvalue weighted by atomic mass is 32.2. The topological polar surface area (TPSA) is 81.2 Å². The van der Waals surface area contributed by atoms with Crippen molar-refractivity contribution < 1.29 is 13.7 Å². The maximum Gasteiger partial charge on any atom is 0.358 e. The molecule has 2 rings (SSSR count). The molecule has 7 heteroatoms. The molecule has 2 heterocycles. The molecule has 0 radical (unpaired) electrons. The van der Waals surface area contributed by atoms with Gasteiger partial charge in [-0.1, -0.05) is 0 Å². The summed E-state index contributed by atoms with van der Waals surface area (Å²) < 4.78 is 15.8. The minimum absolute atomic E-state index is 0.188. The van der Waals surface area contributed by atoms with E-state index in [4.69, 9.17) is 0 Å². The maximum atomic E-state index is 11.2. The van der Waals surface area contributed by atoms with Gasteiger partial charge in [0.1, 0.15) is 5.82 Å². The Labute approximate surface area is 108 Å². The number of nitrogens with zero attached hydrogens (tertiary/aromatic N) is 2. The van der Waals surface area contributed by atoms with Gasteiger partial charge in [-0.25, -0.2) is 4.79 Å². The lowest BCUT2D eigenvalue weighted by Gasteiger charge is -2.22. The molecular weight excluding hydrogens is 254 g/mol. The average molecular weight is 269 g/mol. The zero-order chi connectivity index (χ0) is 13.0. The van der Waals surface area contributed by atoms with Crippen molar-refractivity contribution in [3.05, 3.63) is 17.8 Å². The van der Waals surface area contributed by atoms with Crippen molar-refractivity contribution in [1.82, 2.24) is 10.2 Å². The van der Waals surface area contributed by atoms with Gasteiger partial charge in [0.05, 0.1) is 7.11 Å². The molecule has 0 aliphatic carbocycles. The molecule has 0 unspecified atom stereocenters. The third-order valence-corrected chi connectivity index (χ3v) is 4.18. The highest BCUT2D eigenvalue weighted by Gasteiger charge is 2.18. The Bertz CT molecular complexity index is 439. The van der Waals surface area contributed by atoms with Gasteiger partial charge >= 0.3 is 5.97 Å². The fourth-order valence-corrected chi connectivity index (χ4v) is 3.07. The summed E-state index contributed by atoms with van der Waals surface area (Å²) in [4.78, 5) is 11.2. The van der Waals surface area contributed by atoms with E-state index >= 15 is 0 Å². The molecule has 6 nitrogen and oxygen atoms in total. The third-order valence-electron chi connectivity index (χ3n) is 2.80. The number of hydrogen-bond acceptors (Lipinski definition) is 6. The zero-order valence-corrected chi connectivity index (χ0v) is 10.9. The summed E-state index contributed by atoms with van der Waals surface area (Å²) in [7, 11) is 0.637. The number of carbonyl (C=O) groups excluding carboxylic acids is 1. The minimum Gasteiger partial charge on any atom is -0.464 e. The van der Waals surface area contributed by atoms with Crippen molar-refractivity contribution in [3.8, 4) is 0 Å². The summed E-state index contributed by atoms with van der Waals surface area (Å²) in [5.74, 6) is 1.58. The Balaban J connectivity index is 1.94. The average Bonchev–Trinajstić information content (AvgIpc) is 2.41. The molecule has 98 valence electrons. The predicted molar refractivity (Wildman–Crippen MR) is 67.9 cm³/mol. The lowest BCUT2D eigenvalue weighted by Crippen LogP contribution is -2.29. The normalized spacial score (nSPS) is 23.4. The number of nitrogens with one attached hydrogen (secondary N) is 1. The lowest BCUT2D eigenvalue weighted by molar-refractivity contribution is 0.0593. The second-order valence-corrected chi connectivity index (χ2v) is 5.76. The largest absolute Gasteiger partial charge is 0.464 e. The first-order valence-electron chi connectivity index (χ1n) is 5.72. The van der Waals surface area contributed by atoms with E-state index in [2.05, 4.69) is 20.3 Å². The number of anilines is 1. The van der Waals surface area contributed by atoms with Crippen LogP contribution in [0.5, 0.6) is 0 Å². The Morgan fingerprint density at radius 1 is 1.39 bits per heavy atom. The van der Waals surface area contributed by atoms with Gasteiger partial charge in [-0.3, -0.25) is 4.21 Å². The standard InChI is InChI=1S/C11H15N3O3S/c1-17-11(15)9-2-3-10(14-13-9)12-8-4-6-18(16)7-5-8/h2-3,8H,4-7H2,1H3,(H,12,14). The zero-order valence-electron chi connectivity index (χ0n) is 10.1. The van der Waals surface area contributed by atoms with Crippen LogP contribution in [0.3, 0.4) is 0 Å². The number of hydrogen-bond donors (Lipinski definition) is 1. The van der Waals surface area contributed by atoms with Crippen molar-refractivity contribution in [3.63, 3.8) is 0 Å². The lowest BCUT2D eigenvalue weighted by atomic mass is 10.1. The van der Waals surface area contributed by atoms with E-state index in [1.807, 2.05) is 0 Å². The van der Waals surface area contributed by atoms with Gasteiger partial charge in [-0.05, 0) is 25.0 Å². The minimum atomic E-state index is -0.667. The molecule has 1 aliphatic heterocycles. The van der Waals surface area contributed by atoms with E-state index in [1.54, 1.807) is 12.1 Å². The second-order valence-electron chi connectivity index (χ2n) is 4.06. The van der Waals surface area contributed by atoms with Crippen molar-refractivity contribution in [2.45, 2.75) is 18.9 Å². The van der Waals surface area contributed by atoms with Crippen LogP contribution in [0, 0.1) is 0 Å². The summed E-state index contributed by atoms with van der Waals surface area (Å²) >= 11 is 0. The van der Waals surface area contributed by atoms with E-state index in [9.17, 15) is 9.00 Å². The van der Waals surface area contributed by atoms with E-state index < -0.39 is 16.8 Å². The van der Waals surface area contributed by atoms with Crippen LogP contribution in [0.4, 0.5) is 5.82 Å². The van der Waals surface area contributed by atoms with Gasteiger partial charge in [0.15, 0.2) is 5.69 Å². The van der Waals surface area contributed by atoms with Gasteiger partial charge < -0.3 is 10.1 Å². The molecule has 1 aromatic rings. The van der Waals surface area contributed by atoms with E-state index in [0.717, 1.165) is 24.3 Å². The van der Waals surface area contributed by atoms with Crippen LogP contribution in [0.1, 0.15) is 23.3 Å². The van der Waals surface area contributed by atoms with Gasteiger partial charge in [-0.2, -0.15) is 0 Å². The third kappa shape index (κ3) is 3.25. The highest BCUT2D eigenvalue weighted by molar-refractivity contribution is 7.85. The molecule has 1 saturated heterocycles. The summed E-state index contributed by atoms with van der Waals surface area (Å²) in [6.07, 6.45) is 1.74. The second kappa shape index (κ2) is 5.90. The number of aromatic nitrogens is 2. The first-order valence-corrected chi connectivity index (χ1v) is 7.21. The summed E-state index contributed by atoms with van der Waals surface area (Å²) in [5.41, 5.74) is 0.188. The Hall–Kier alpha value is -1.50. The van der Waals surface area contributed by atoms with Crippen LogP contribution < -0.4 is 5.32 Å². The van der Waals surface area contributed by atoms with Gasteiger partial charge in [0, 0.05) is 28.3 Å². The van der Waals surface area contributed by atoms with Crippen LogP contribution in [-0.4, -0.2) is 45.0 Å². The SMILES string of the molecule is COC(=O)c1ccc(NC2CCS(=O)CC2)nn1. The molecule has 0 saturated carbocycles. The summed E-state index contributed by atoms with van der Waals surface area (Å²) in [6, 6.07) is 3.55. The number of methoxy groups -OCH3 is 1. The Kier molecular flexibility index (Phi) is 4.24. The quantitative estimate of drug-likeness (QED) is 0.809. The van der Waals surface area contributed by atoms with Crippen LogP contribution in [0.25, 0.3) is 0 Å². The molecule has 1 aliphatic rings. The van der Waals surface area contributed by atoms with E-state index in [0.29, 0.717) is 5.82 Å². The molecule has 0 aromatic carbocycles. The highest BCUT2D eigenvalue weighted by Crippen LogP contribution is 2.14. The molecule has 0 atom stereocenters. The molecule has 0 amide bonds. The first-order chi connectivity index (χ1) is 8.69. The molecule has 1 aromatic heterocycles. The van der Waals surface area contributed by atoms with Crippen LogP contribution in [-0.2, 0) is 15.5 Å². The molecule has 0 bridgehead atoms. The predicted octanol–water partition coefficient (Wildman–Crippen LogP) is 0.586. The number of rotatable bonds is 3. The fourth-order valence-electron chi connectivity index (χ4n) is 1.77. The molecule has 1 fully saturated rings. The molecule has 1 N–H and O–H groups in total. The van der Waals surface area contributed by atoms with Crippen molar-refractivity contribution in [2.24, 2.45) is 0 Å². The molecular formula is C11H15N3O3S. The van der Waals surface area contributed by atoms with Crippen LogP contribution in [0.15, 0.2) is 12.1 Å². The van der Waals surface area contributed by atoms with Crippen molar-refractivity contribution >= 4 is 22.6 Å². The Morgan fingerprint density at radius 3 is 2.67 bits per heavy atom. The van der Waals surface area contributed by atoms with Gasteiger partial charge in [0.2, 0.25) is 0 Å². The van der Waals surface area contributed by atoms with Gasteiger partial charge in [0.25, 0.3) is 0 Å².